The van der Waals surface area contributed by atoms with E-state index in [1.807, 2.05) is 24.3 Å². The van der Waals surface area contributed by atoms with Gasteiger partial charge in [0.2, 0.25) is 5.91 Å². The Bertz CT molecular complexity index is 796. The maximum absolute atomic E-state index is 13.0. The molecule has 2 aliphatic heterocycles. The molecule has 0 aliphatic carbocycles. The Hall–Kier alpha value is -2.45. The Morgan fingerprint density at radius 2 is 1.80 bits per heavy atom. The van der Waals surface area contributed by atoms with Gasteiger partial charge in [-0.2, -0.15) is 0 Å². The van der Waals surface area contributed by atoms with Crippen LogP contribution in [0.1, 0.15) is 38.8 Å². The Labute approximate surface area is 177 Å². The van der Waals surface area contributed by atoms with Crippen LogP contribution in [0.4, 0.5) is 4.79 Å². The van der Waals surface area contributed by atoms with Crippen molar-refractivity contribution in [3.05, 3.63) is 35.4 Å². The number of carbonyl (C=O) groups excluding carboxylic acids is 3. The number of amides is 4. The molecule has 1 aromatic rings. The Kier molecular flexibility index (Phi) is 6.47. The SMILES string of the molecule is CC(C)(C)c1ccc(C2(C)NC(=O)N(CC(=O)NCCN3CCOCC3)C2=O)cc1. The molecule has 0 radical (unpaired) electrons. The summed E-state index contributed by atoms with van der Waals surface area (Å²) < 4.78 is 5.30. The van der Waals surface area contributed by atoms with Gasteiger partial charge in [0.25, 0.3) is 5.91 Å². The van der Waals surface area contributed by atoms with Crippen molar-refractivity contribution in [2.45, 2.75) is 38.6 Å². The average Bonchev–Trinajstić information content (AvgIpc) is 2.92. The van der Waals surface area contributed by atoms with Crippen molar-refractivity contribution in [3.63, 3.8) is 0 Å². The summed E-state index contributed by atoms with van der Waals surface area (Å²) in [6.07, 6.45) is 0. The van der Waals surface area contributed by atoms with Gasteiger partial charge in [-0.05, 0) is 23.5 Å². The van der Waals surface area contributed by atoms with Crippen LogP contribution in [0.25, 0.3) is 0 Å². The number of rotatable bonds is 6. The van der Waals surface area contributed by atoms with Crippen LogP contribution in [0.2, 0.25) is 0 Å². The van der Waals surface area contributed by atoms with E-state index in [0.29, 0.717) is 31.9 Å². The molecule has 0 saturated carbocycles. The fourth-order valence-electron chi connectivity index (χ4n) is 3.72. The van der Waals surface area contributed by atoms with Crippen molar-refractivity contribution in [1.29, 1.82) is 0 Å². The second-order valence-electron chi connectivity index (χ2n) is 9.08. The van der Waals surface area contributed by atoms with Gasteiger partial charge in [-0.3, -0.25) is 19.4 Å². The lowest BCUT2D eigenvalue weighted by Crippen LogP contribution is -2.45. The van der Waals surface area contributed by atoms with Gasteiger partial charge in [-0.1, -0.05) is 45.0 Å². The normalized spacial score (nSPS) is 22.9. The molecule has 164 valence electrons. The van der Waals surface area contributed by atoms with Crippen molar-refractivity contribution >= 4 is 17.8 Å². The highest BCUT2D eigenvalue weighted by atomic mass is 16.5. The third-order valence-electron chi connectivity index (χ3n) is 5.76. The second-order valence-corrected chi connectivity index (χ2v) is 9.08. The highest BCUT2D eigenvalue weighted by Crippen LogP contribution is 2.31. The van der Waals surface area contributed by atoms with Crippen molar-refractivity contribution in [2.75, 3.05) is 45.9 Å². The number of nitrogens with one attached hydrogen (secondary N) is 2. The topological polar surface area (TPSA) is 91.0 Å². The summed E-state index contributed by atoms with van der Waals surface area (Å²) in [5, 5.41) is 5.55. The lowest BCUT2D eigenvalue weighted by atomic mass is 9.84. The summed E-state index contributed by atoms with van der Waals surface area (Å²) in [5.74, 6) is -0.765. The molecule has 0 spiro atoms. The molecule has 0 bridgehead atoms. The van der Waals surface area contributed by atoms with Crippen molar-refractivity contribution in [1.82, 2.24) is 20.4 Å². The zero-order valence-corrected chi connectivity index (χ0v) is 18.3. The number of ether oxygens (including phenoxy) is 1. The fraction of sp³-hybridized carbons (Fsp3) is 0.591. The van der Waals surface area contributed by atoms with Gasteiger partial charge in [0.05, 0.1) is 13.2 Å². The number of hydrogen-bond acceptors (Lipinski definition) is 5. The lowest BCUT2D eigenvalue weighted by Gasteiger charge is -2.26. The van der Waals surface area contributed by atoms with E-state index < -0.39 is 17.5 Å². The van der Waals surface area contributed by atoms with E-state index in [0.717, 1.165) is 23.6 Å². The molecule has 3 rings (SSSR count). The number of hydrogen-bond donors (Lipinski definition) is 2. The van der Waals surface area contributed by atoms with E-state index in [1.165, 1.54) is 0 Å². The first-order valence-electron chi connectivity index (χ1n) is 10.4. The Morgan fingerprint density at radius 3 is 2.40 bits per heavy atom. The van der Waals surface area contributed by atoms with Crippen LogP contribution in [0, 0.1) is 0 Å². The Balaban J connectivity index is 1.58. The lowest BCUT2D eigenvalue weighted by molar-refractivity contribution is -0.134. The molecule has 8 nitrogen and oxygen atoms in total. The molecular formula is C22H32N4O4. The average molecular weight is 417 g/mol. The van der Waals surface area contributed by atoms with Crippen LogP contribution in [-0.2, 0) is 25.3 Å². The van der Waals surface area contributed by atoms with E-state index in [2.05, 4.69) is 36.3 Å². The zero-order chi connectivity index (χ0) is 21.9. The molecule has 1 unspecified atom stereocenters. The molecule has 2 N–H and O–H groups in total. The van der Waals surface area contributed by atoms with Gasteiger partial charge in [-0.15, -0.1) is 0 Å². The van der Waals surface area contributed by atoms with Crippen LogP contribution in [0.15, 0.2) is 24.3 Å². The number of morpholine rings is 1. The van der Waals surface area contributed by atoms with Crippen LogP contribution >= 0.6 is 0 Å². The molecule has 0 aromatic heterocycles. The molecule has 1 aromatic carbocycles. The molecule has 2 heterocycles. The Morgan fingerprint density at radius 1 is 1.17 bits per heavy atom. The van der Waals surface area contributed by atoms with Gasteiger partial charge >= 0.3 is 6.03 Å². The summed E-state index contributed by atoms with van der Waals surface area (Å²) in [5.41, 5.74) is 0.655. The van der Waals surface area contributed by atoms with E-state index in [1.54, 1.807) is 6.92 Å². The summed E-state index contributed by atoms with van der Waals surface area (Å²) in [6.45, 7) is 12.0. The van der Waals surface area contributed by atoms with Crippen LogP contribution in [0.3, 0.4) is 0 Å². The zero-order valence-electron chi connectivity index (χ0n) is 18.3. The van der Waals surface area contributed by atoms with E-state index >= 15 is 0 Å². The van der Waals surface area contributed by atoms with Gasteiger partial charge in [0.1, 0.15) is 12.1 Å². The second kappa shape index (κ2) is 8.73. The predicted octanol–water partition coefficient (Wildman–Crippen LogP) is 1.20. The maximum atomic E-state index is 13.0. The first kappa shape index (κ1) is 22.2. The number of benzene rings is 1. The van der Waals surface area contributed by atoms with Crippen molar-refractivity contribution < 1.29 is 19.1 Å². The standard InChI is InChI=1S/C22H32N4O4/c1-21(2,3)16-5-7-17(8-6-16)22(4)19(28)26(20(29)24-22)15-18(27)23-9-10-25-11-13-30-14-12-25/h5-8H,9-15H2,1-4H3,(H,23,27)(H,24,29). The van der Waals surface area contributed by atoms with E-state index in [4.69, 9.17) is 4.74 Å². The van der Waals surface area contributed by atoms with Crippen LogP contribution < -0.4 is 10.6 Å². The molecule has 4 amide bonds. The third kappa shape index (κ3) is 4.82. The molecule has 2 fully saturated rings. The van der Waals surface area contributed by atoms with Crippen molar-refractivity contribution in [3.8, 4) is 0 Å². The number of carbonyl (C=O) groups is 3. The molecule has 30 heavy (non-hydrogen) atoms. The largest absolute Gasteiger partial charge is 0.379 e. The minimum atomic E-state index is -1.18. The number of imide groups is 1. The molecule has 1 atom stereocenters. The fourth-order valence-corrected chi connectivity index (χ4v) is 3.72. The minimum Gasteiger partial charge on any atom is -0.379 e. The van der Waals surface area contributed by atoms with Gasteiger partial charge in [0.15, 0.2) is 0 Å². The van der Waals surface area contributed by atoms with Crippen LogP contribution in [-0.4, -0.2) is 73.6 Å². The van der Waals surface area contributed by atoms with Crippen LogP contribution in [0.5, 0.6) is 0 Å². The monoisotopic (exact) mass is 416 g/mol. The third-order valence-corrected chi connectivity index (χ3v) is 5.76. The van der Waals surface area contributed by atoms with Gasteiger partial charge in [-0.25, -0.2) is 4.79 Å². The molecule has 8 heteroatoms. The maximum Gasteiger partial charge on any atom is 0.325 e. The van der Waals surface area contributed by atoms with Gasteiger partial charge in [0, 0.05) is 26.2 Å². The number of nitrogens with zero attached hydrogens (tertiary/aromatic N) is 2. The van der Waals surface area contributed by atoms with Gasteiger partial charge < -0.3 is 15.4 Å². The van der Waals surface area contributed by atoms with E-state index in [-0.39, 0.29) is 17.9 Å². The minimum absolute atomic E-state index is 0.00624. The predicted molar refractivity (Wildman–Crippen MR) is 113 cm³/mol. The first-order chi connectivity index (χ1) is 14.1. The summed E-state index contributed by atoms with van der Waals surface area (Å²) in [6, 6.07) is 7.13. The first-order valence-corrected chi connectivity index (χ1v) is 10.4. The number of urea groups is 1. The summed E-state index contributed by atoms with van der Waals surface area (Å²) in [7, 11) is 0. The van der Waals surface area contributed by atoms with E-state index in [9.17, 15) is 14.4 Å². The molecule has 2 aliphatic rings. The summed E-state index contributed by atoms with van der Waals surface area (Å²) >= 11 is 0. The smallest absolute Gasteiger partial charge is 0.325 e. The van der Waals surface area contributed by atoms with Crippen molar-refractivity contribution in [2.24, 2.45) is 0 Å². The molecular weight excluding hydrogens is 384 g/mol. The highest BCUT2D eigenvalue weighted by molar-refractivity contribution is 6.09. The highest BCUT2D eigenvalue weighted by Gasteiger charge is 2.49. The molecule has 2 saturated heterocycles. The quantitative estimate of drug-likeness (QED) is 0.680. The summed E-state index contributed by atoms with van der Waals surface area (Å²) in [4.78, 5) is 41.0.